The van der Waals surface area contributed by atoms with Crippen LogP contribution in [0, 0.1) is 0 Å². The maximum Gasteiger partial charge on any atom is 0.293 e. The summed E-state index contributed by atoms with van der Waals surface area (Å²) >= 11 is 0.836. The number of carbonyl (C=O) groups is 4. The Morgan fingerprint density at radius 1 is 1.03 bits per heavy atom. The van der Waals surface area contributed by atoms with Gasteiger partial charge >= 0.3 is 0 Å². The molecular formula is C25H26N2O7S. The molecule has 9 nitrogen and oxygen atoms in total. The molecule has 1 aliphatic rings. The summed E-state index contributed by atoms with van der Waals surface area (Å²) < 4.78 is 15.9. The number of carbonyl (C=O) groups excluding carboxylic acids is 4. The highest BCUT2D eigenvalue weighted by Crippen LogP contribution is 2.34. The van der Waals surface area contributed by atoms with Gasteiger partial charge in [0.25, 0.3) is 17.1 Å². The van der Waals surface area contributed by atoms with Gasteiger partial charge in [0.05, 0.1) is 19.1 Å². The Balaban J connectivity index is 1.49. The van der Waals surface area contributed by atoms with Gasteiger partial charge in [-0.05, 0) is 59.8 Å². The maximum atomic E-state index is 12.7. The molecule has 0 saturated carbocycles. The third-order valence-corrected chi connectivity index (χ3v) is 6.01. The van der Waals surface area contributed by atoms with Gasteiger partial charge in [-0.1, -0.05) is 13.0 Å². The van der Waals surface area contributed by atoms with Crippen LogP contribution in [0.25, 0.3) is 6.08 Å². The second-order valence-electron chi connectivity index (χ2n) is 7.39. The van der Waals surface area contributed by atoms with E-state index in [4.69, 9.17) is 14.2 Å². The molecule has 0 aliphatic carbocycles. The van der Waals surface area contributed by atoms with Crippen molar-refractivity contribution in [3.8, 4) is 17.2 Å². The monoisotopic (exact) mass is 498 g/mol. The lowest BCUT2D eigenvalue weighted by molar-refractivity contribution is -0.125. The number of ether oxygens (including phenoxy) is 3. The minimum atomic E-state index is -0.429. The molecule has 1 fully saturated rings. The molecule has 2 aromatic carbocycles. The summed E-state index contributed by atoms with van der Waals surface area (Å²) in [5, 5.41) is 2.22. The van der Waals surface area contributed by atoms with Gasteiger partial charge in [0, 0.05) is 25.1 Å². The number of nitrogens with one attached hydrogen (secondary N) is 1. The molecule has 1 aliphatic heterocycles. The van der Waals surface area contributed by atoms with Gasteiger partial charge in [-0.3, -0.25) is 24.1 Å². The van der Waals surface area contributed by atoms with Crippen LogP contribution < -0.4 is 19.5 Å². The summed E-state index contributed by atoms with van der Waals surface area (Å²) in [5.74, 6) is 0.727. The van der Waals surface area contributed by atoms with Crippen molar-refractivity contribution in [1.29, 1.82) is 0 Å². The smallest absolute Gasteiger partial charge is 0.293 e. The molecule has 1 saturated heterocycles. The number of Topliss-reactive ketones (excluding diaryl/α,β-unsaturated/α-hetero) is 1. The van der Waals surface area contributed by atoms with E-state index in [2.05, 4.69) is 5.32 Å². The number of nitrogens with zero attached hydrogens (tertiary/aromatic N) is 1. The molecule has 1 heterocycles. The molecule has 0 unspecified atom stereocenters. The van der Waals surface area contributed by atoms with E-state index in [1.807, 2.05) is 0 Å². The Labute approximate surface area is 207 Å². The van der Waals surface area contributed by atoms with Crippen LogP contribution in [0.2, 0.25) is 0 Å². The SMILES string of the molecule is CCC(=O)c1ccc(OCC(=O)NCCN2C(=O)S/C(=C/c3ccc(OC)c(OC)c3)C2=O)cc1. The van der Waals surface area contributed by atoms with Crippen LogP contribution in [0.15, 0.2) is 47.4 Å². The van der Waals surface area contributed by atoms with Crippen LogP contribution in [0.4, 0.5) is 4.79 Å². The number of methoxy groups -OCH3 is 2. The van der Waals surface area contributed by atoms with Crippen LogP contribution in [0.3, 0.4) is 0 Å². The molecule has 0 atom stereocenters. The van der Waals surface area contributed by atoms with Gasteiger partial charge in [0.2, 0.25) is 0 Å². The highest BCUT2D eigenvalue weighted by atomic mass is 32.2. The predicted octanol–water partition coefficient (Wildman–Crippen LogP) is 3.53. The highest BCUT2D eigenvalue weighted by Gasteiger charge is 2.34. The molecule has 184 valence electrons. The minimum absolute atomic E-state index is 0.0280. The number of rotatable bonds is 11. The van der Waals surface area contributed by atoms with Gasteiger partial charge in [-0.15, -0.1) is 0 Å². The summed E-state index contributed by atoms with van der Waals surface area (Å²) in [7, 11) is 3.04. The number of ketones is 1. The summed E-state index contributed by atoms with van der Waals surface area (Å²) in [5.41, 5.74) is 1.27. The molecule has 1 N–H and O–H groups in total. The molecule has 10 heteroatoms. The number of amides is 3. The molecule has 0 spiro atoms. The predicted molar refractivity (Wildman–Crippen MR) is 132 cm³/mol. The van der Waals surface area contributed by atoms with Crippen molar-refractivity contribution in [3.63, 3.8) is 0 Å². The van der Waals surface area contributed by atoms with Gasteiger partial charge in [0.1, 0.15) is 5.75 Å². The third-order valence-electron chi connectivity index (χ3n) is 5.10. The number of hydrogen-bond donors (Lipinski definition) is 1. The number of benzene rings is 2. The Kier molecular flexibility index (Phi) is 8.91. The van der Waals surface area contributed by atoms with Crippen LogP contribution in [0.5, 0.6) is 17.2 Å². The van der Waals surface area contributed by atoms with Gasteiger partial charge in [0.15, 0.2) is 23.9 Å². The summed E-state index contributed by atoms with van der Waals surface area (Å²) in [6.07, 6.45) is 2.02. The molecular weight excluding hydrogens is 472 g/mol. The van der Waals surface area contributed by atoms with E-state index in [0.29, 0.717) is 34.8 Å². The number of thioether (sulfide) groups is 1. The van der Waals surface area contributed by atoms with E-state index >= 15 is 0 Å². The lowest BCUT2D eigenvalue weighted by atomic mass is 10.1. The van der Waals surface area contributed by atoms with Gasteiger partial charge in [-0.2, -0.15) is 0 Å². The summed E-state index contributed by atoms with van der Waals surface area (Å²) in [6.45, 7) is 1.68. The van der Waals surface area contributed by atoms with Crippen molar-refractivity contribution in [2.45, 2.75) is 13.3 Å². The van der Waals surface area contributed by atoms with E-state index in [0.717, 1.165) is 16.7 Å². The zero-order valence-electron chi connectivity index (χ0n) is 19.7. The largest absolute Gasteiger partial charge is 0.493 e. The normalized spacial score (nSPS) is 14.3. The van der Waals surface area contributed by atoms with Crippen LogP contribution in [0.1, 0.15) is 29.3 Å². The first-order valence-electron chi connectivity index (χ1n) is 10.9. The standard InChI is InChI=1S/C25H26N2O7S/c1-4-19(28)17-6-8-18(9-7-17)34-15-23(29)26-11-12-27-24(30)22(35-25(27)31)14-16-5-10-20(32-2)21(13-16)33-3/h5-10,13-14H,4,11-12,15H2,1-3H3,(H,26,29)/b22-14+. The van der Waals surface area contributed by atoms with Crippen molar-refractivity contribution in [2.75, 3.05) is 33.9 Å². The van der Waals surface area contributed by atoms with Gasteiger partial charge in [-0.25, -0.2) is 0 Å². The van der Waals surface area contributed by atoms with Crippen molar-refractivity contribution >= 4 is 40.7 Å². The first-order chi connectivity index (χ1) is 16.9. The molecule has 0 aromatic heterocycles. The average Bonchev–Trinajstić information content (AvgIpc) is 3.14. The summed E-state index contributed by atoms with van der Waals surface area (Å²) in [6, 6.07) is 11.7. The number of imide groups is 1. The fraction of sp³-hybridized carbons (Fsp3) is 0.280. The van der Waals surface area contributed by atoms with Crippen molar-refractivity contribution < 1.29 is 33.4 Å². The van der Waals surface area contributed by atoms with Crippen molar-refractivity contribution in [3.05, 3.63) is 58.5 Å². The van der Waals surface area contributed by atoms with E-state index < -0.39 is 17.1 Å². The topological polar surface area (TPSA) is 111 Å². The fourth-order valence-electron chi connectivity index (χ4n) is 3.23. The minimum Gasteiger partial charge on any atom is -0.493 e. The second-order valence-corrected chi connectivity index (χ2v) is 8.38. The Morgan fingerprint density at radius 3 is 2.40 bits per heavy atom. The number of hydrogen-bond acceptors (Lipinski definition) is 8. The average molecular weight is 499 g/mol. The molecule has 3 rings (SSSR count). The zero-order valence-corrected chi connectivity index (χ0v) is 20.5. The highest BCUT2D eigenvalue weighted by molar-refractivity contribution is 8.18. The summed E-state index contributed by atoms with van der Waals surface area (Å²) in [4.78, 5) is 50.1. The van der Waals surface area contributed by atoms with Crippen molar-refractivity contribution in [1.82, 2.24) is 10.2 Å². The van der Waals surface area contributed by atoms with Crippen LogP contribution in [-0.4, -0.2) is 61.7 Å². The molecule has 0 bridgehead atoms. The first-order valence-corrected chi connectivity index (χ1v) is 11.7. The zero-order chi connectivity index (χ0) is 25.4. The third kappa shape index (κ3) is 6.63. The lowest BCUT2D eigenvalue weighted by Gasteiger charge is -2.13. The maximum absolute atomic E-state index is 12.7. The van der Waals surface area contributed by atoms with Crippen molar-refractivity contribution in [2.24, 2.45) is 0 Å². The second kappa shape index (κ2) is 12.1. The lowest BCUT2D eigenvalue weighted by Crippen LogP contribution is -2.38. The van der Waals surface area contributed by atoms with E-state index in [1.165, 1.54) is 14.2 Å². The van der Waals surface area contributed by atoms with Crippen LogP contribution >= 0.6 is 11.8 Å². The van der Waals surface area contributed by atoms with Gasteiger partial charge < -0.3 is 19.5 Å². The molecule has 2 aromatic rings. The fourth-order valence-corrected chi connectivity index (χ4v) is 4.10. The molecule has 3 amide bonds. The Morgan fingerprint density at radius 2 is 1.74 bits per heavy atom. The Hall–Kier alpha value is -3.79. The van der Waals surface area contributed by atoms with E-state index in [1.54, 1.807) is 55.5 Å². The Bertz CT molecular complexity index is 1150. The molecule has 35 heavy (non-hydrogen) atoms. The quantitative estimate of drug-likeness (QED) is 0.370. The van der Waals surface area contributed by atoms with E-state index in [9.17, 15) is 19.2 Å². The van der Waals surface area contributed by atoms with Crippen LogP contribution in [-0.2, 0) is 9.59 Å². The van der Waals surface area contributed by atoms with E-state index in [-0.39, 0.29) is 30.4 Å². The first kappa shape index (κ1) is 25.8. The molecule has 0 radical (unpaired) electrons.